The first-order chi connectivity index (χ1) is 9.74. The molecule has 0 bridgehead atoms. The van der Waals surface area contributed by atoms with E-state index in [1.165, 1.54) is 4.90 Å². The van der Waals surface area contributed by atoms with E-state index in [-0.39, 0.29) is 11.9 Å². The van der Waals surface area contributed by atoms with Crippen LogP contribution in [0.1, 0.15) is 12.8 Å². The molecule has 1 aliphatic rings. The quantitative estimate of drug-likeness (QED) is 0.613. The van der Waals surface area contributed by atoms with E-state index in [9.17, 15) is 4.79 Å². The highest BCUT2D eigenvalue weighted by Gasteiger charge is 2.18. The third-order valence-electron chi connectivity index (χ3n) is 3.35. The maximum absolute atomic E-state index is 11.8. The van der Waals surface area contributed by atoms with Gasteiger partial charge in [0.25, 0.3) is 0 Å². The van der Waals surface area contributed by atoms with Crippen molar-refractivity contribution in [2.75, 3.05) is 31.9 Å². The van der Waals surface area contributed by atoms with Gasteiger partial charge in [-0.25, -0.2) is 0 Å². The van der Waals surface area contributed by atoms with E-state index in [2.05, 4.69) is 22.3 Å². The Kier molecular flexibility index (Phi) is 6.36. The fraction of sp³-hybridized carbons (Fsp3) is 0.533. The monoisotopic (exact) mass is 293 g/mol. The zero-order valence-corrected chi connectivity index (χ0v) is 12.6. The third-order valence-corrected chi connectivity index (χ3v) is 4.36. The van der Waals surface area contributed by atoms with Gasteiger partial charge >= 0.3 is 0 Å². The van der Waals surface area contributed by atoms with Gasteiger partial charge in [-0.2, -0.15) is 0 Å². The van der Waals surface area contributed by atoms with Crippen LogP contribution in [0.5, 0.6) is 0 Å². The first kappa shape index (κ1) is 15.4. The summed E-state index contributed by atoms with van der Waals surface area (Å²) < 4.78 is 0. The molecule has 0 spiro atoms. The second kappa shape index (κ2) is 8.29. The highest BCUT2D eigenvalue weighted by Crippen LogP contribution is 2.15. The molecular formula is C15H23N3OS. The molecule has 0 aromatic heterocycles. The first-order valence-electron chi connectivity index (χ1n) is 7.16. The van der Waals surface area contributed by atoms with Crippen LogP contribution in [0.15, 0.2) is 35.2 Å². The Morgan fingerprint density at radius 2 is 2.20 bits per heavy atom. The van der Waals surface area contributed by atoms with Crippen LogP contribution in [0.2, 0.25) is 0 Å². The zero-order chi connectivity index (χ0) is 14.2. The molecule has 1 aromatic carbocycles. The van der Waals surface area contributed by atoms with Crippen LogP contribution in [0.4, 0.5) is 0 Å². The number of benzene rings is 1. The molecule has 1 aliphatic heterocycles. The van der Waals surface area contributed by atoms with E-state index in [0.717, 1.165) is 31.7 Å². The number of amides is 1. The summed E-state index contributed by atoms with van der Waals surface area (Å²) in [6, 6.07) is 10.5. The number of nitrogens with two attached hydrogens (primary N) is 1. The van der Waals surface area contributed by atoms with Crippen LogP contribution in [-0.2, 0) is 4.79 Å². The Morgan fingerprint density at radius 1 is 1.40 bits per heavy atom. The van der Waals surface area contributed by atoms with E-state index in [1.807, 2.05) is 18.2 Å². The average molecular weight is 293 g/mol. The lowest BCUT2D eigenvalue weighted by molar-refractivity contribution is -0.122. The Bertz CT molecular complexity index is 413. The molecule has 1 atom stereocenters. The fourth-order valence-corrected chi connectivity index (χ4v) is 3.16. The number of hydrogen-bond acceptors (Lipinski definition) is 4. The lowest BCUT2D eigenvalue weighted by atomic mass is 10.1. The van der Waals surface area contributed by atoms with Crippen LogP contribution in [0.25, 0.3) is 0 Å². The van der Waals surface area contributed by atoms with Crippen LogP contribution >= 0.6 is 11.8 Å². The van der Waals surface area contributed by atoms with Crippen LogP contribution < -0.4 is 11.1 Å². The van der Waals surface area contributed by atoms with Crippen LogP contribution in [-0.4, -0.2) is 48.8 Å². The molecular weight excluding hydrogens is 270 g/mol. The number of piperidine rings is 1. The molecule has 1 fully saturated rings. The Balaban J connectivity index is 1.58. The molecule has 1 aromatic rings. The average Bonchev–Trinajstić information content (AvgIpc) is 2.45. The highest BCUT2D eigenvalue weighted by atomic mass is 32.2. The molecule has 1 heterocycles. The molecule has 20 heavy (non-hydrogen) atoms. The zero-order valence-electron chi connectivity index (χ0n) is 11.8. The van der Waals surface area contributed by atoms with Crippen molar-refractivity contribution in [2.24, 2.45) is 5.73 Å². The molecule has 3 N–H and O–H groups in total. The summed E-state index contributed by atoms with van der Waals surface area (Å²) in [7, 11) is 0. The Morgan fingerprint density at radius 3 is 2.95 bits per heavy atom. The third kappa shape index (κ3) is 5.53. The molecule has 2 rings (SSSR count). The van der Waals surface area contributed by atoms with Gasteiger partial charge in [0.15, 0.2) is 0 Å². The molecule has 1 amide bonds. The smallest absolute Gasteiger partial charge is 0.234 e. The summed E-state index contributed by atoms with van der Waals surface area (Å²) in [5, 5.41) is 2.97. The van der Waals surface area contributed by atoms with E-state index < -0.39 is 0 Å². The SMILES string of the molecule is NC1CCCN(CC(=O)NCCSc2ccccc2)C1. The second-order valence-electron chi connectivity index (χ2n) is 5.15. The van der Waals surface area contributed by atoms with Crippen molar-refractivity contribution in [3.8, 4) is 0 Å². The Hall–Kier alpha value is -1.04. The molecule has 0 saturated carbocycles. The second-order valence-corrected chi connectivity index (χ2v) is 6.32. The number of nitrogens with one attached hydrogen (secondary N) is 1. The summed E-state index contributed by atoms with van der Waals surface area (Å²) in [5.74, 6) is 1.00. The molecule has 1 unspecified atom stereocenters. The maximum Gasteiger partial charge on any atom is 0.234 e. The number of carbonyl (C=O) groups excluding carboxylic acids is 1. The molecule has 110 valence electrons. The number of rotatable bonds is 6. The van der Waals surface area contributed by atoms with Crippen molar-refractivity contribution in [2.45, 2.75) is 23.8 Å². The number of hydrogen-bond donors (Lipinski definition) is 2. The summed E-state index contributed by atoms with van der Waals surface area (Å²) in [6.07, 6.45) is 2.17. The van der Waals surface area contributed by atoms with Crippen LogP contribution in [0, 0.1) is 0 Å². The number of thioether (sulfide) groups is 1. The minimum absolute atomic E-state index is 0.104. The Labute approximate surface area is 125 Å². The predicted octanol–water partition coefficient (Wildman–Crippen LogP) is 1.32. The maximum atomic E-state index is 11.8. The molecule has 5 heteroatoms. The van der Waals surface area contributed by atoms with Crippen molar-refractivity contribution in [1.29, 1.82) is 0 Å². The van der Waals surface area contributed by atoms with Crippen molar-refractivity contribution in [1.82, 2.24) is 10.2 Å². The van der Waals surface area contributed by atoms with Gasteiger partial charge < -0.3 is 11.1 Å². The highest BCUT2D eigenvalue weighted by molar-refractivity contribution is 7.99. The van der Waals surface area contributed by atoms with Crippen molar-refractivity contribution < 1.29 is 4.79 Å². The van der Waals surface area contributed by atoms with Crippen molar-refractivity contribution in [3.63, 3.8) is 0 Å². The van der Waals surface area contributed by atoms with E-state index >= 15 is 0 Å². The van der Waals surface area contributed by atoms with E-state index in [0.29, 0.717) is 13.1 Å². The number of likely N-dealkylation sites (tertiary alicyclic amines) is 1. The van der Waals surface area contributed by atoms with Gasteiger partial charge in [0.1, 0.15) is 0 Å². The molecule has 4 nitrogen and oxygen atoms in total. The lowest BCUT2D eigenvalue weighted by Gasteiger charge is -2.29. The predicted molar refractivity (Wildman–Crippen MR) is 83.8 cm³/mol. The minimum Gasteiger partial charge on any atom is -0.354 e. The summed E-state index contributed by atoms with van der Waals surface area (Å²) in [5.41, 5.74) is 5.91. The molecule has 0 radical (unpaired) electrons. The van der Waals surface area contributed by atoms with Gasteiger partial charge in [-0.05, 0) is 31.5 Å². The number of carbonyl (C=O) groups is 1. The van der Waals surface area contributed by atoms with Gasteiger partial charge in [-0.3, -0.25) is 9.69 Å². The van der Waals surface area contributed by atoms with Gasteiger partial charge in [0.2, 0.25) is 5.91 Å². The normalized spacial score (nSPS) is 19.8. The standard InChI is InChI=1S/C15H23N3OS/c16-13-5-4-9-18(11-13)12-15(19)17-8-10-20-14-6-2-1-3-7-14/h1-3,6-7,13H,4-5,8-12,16H2,(H,17,19). The van der Waals surface area contributed by atoms with Crippen molar-refractivity contribution >= 4 is 17.7 Å². The van der Waals surface area contributed by atoms with Gasteiger partial charge in [0.05, 0.1) is 6.54 Å². The summed E-state index contributed by atoms with van der Waals surface area (Å²) >= 11 is 1.76. The van der Waals surface area contributed by atoms with Crippen molar-refractivity contribution in [3.05, 3.63) is 30.3 Å². The molecule has 1 saturated heterocycles. The molecule has 0 aliphatic carbocycles. The largest absolute Gasteiger partial charge is 0.354 e. The van der Waals surface area contributed by atoms with Gasteiger partial charge in [-0.15, -0.1) is 11.8 Å². The van der Waals surface area contributed by atoms with Gasteiger partial charge in [0, 0.05) is 29.8 Å². The minimum atomic E-state index is 0.104. The fourth-order valence-electron chi connectivity index (χ4n) is 2.37. The van der Waals surface area contributed by atoms with E-state index in [1.54, 1.807) is 11.8 Å². The first-order valence-corrected chi connectivity index (χ1v) is 8.15. The van der Waals surface area contributed by atoms with Crippen LogP contribution in [0.3, 0.4) is 0 Å². The summed E-state index contributed by atoms with van der Waals surface area (Å²) in [6.45, 7) is 3.01. The number of nitrogens with zero attached hydrogens (tertiary/aromatic N) is 1. The lowest BCUT2D eigenvalue weighted by Crippen LogP contribution is -2.47. The topological polar surface area (TPSA) is 58.4 Å². The van der Waals surface area contributed by atoms with Gasteiger partial charge in [-0.1, -0.05) is 18.2 Å². The summed E-state index contributed by atoms with van der Waals surface area (Å²) in [4.78, 5) is 15.2. The van der Waals surface area contributed by atoms with E-state index in [4.69, 9.17) is 5.73 Å².